The molecule has 1 atom stereocenters. The Morgan fingerprint density at radius 3 is 1.44 bits per heavy atom. The van der Waals surface area contributed by atoms with Gasteiger partial charge in [-0.25, -0.2) is 0 Å². The van der Waals surface area contributed by atoms with Crippen molar-refractivity contribution in [2.75, 3.05) is 0 Å². The second-order valence-electron chi connectivity index (χ2n) is 8.14. The van der Waals surface area contributed by atoms with Crippen LogP contribution in [0.25, 0.3) is 0 Å². The fraction of sp³-hybridized carbons (Fsp3) is 0.958. The van der Waals surface area contributed by atoms with Gasteiger partial charge < -0.3 is 4.74 Å². The van der Waals surface area contributed by atoms with Gasteiger partial charge in [-0.05, 0) is 26.2 Å². The van der Waals surface area contributed by atoms with Crippen LogP contribution in [0.1, 0.15) is 143 Å². The number of rotatable bonds is 20. The Hall–Kier alpha value is 0.470. The molecular weight excluding hydrogens is 343 g/mol. The first kappa shape index (κ1) is 29.7. The average molecular weight is 392 g/mol. The normalized spacial score (nSPS) is 11.8. The van der Waals surface area contributed by atoms with E-state index in [1.807, 2.05) is 6.92 Å². The third kappa shape index (κ3) is 24.4. The zero-order chi connectivity index (χ0) is 19.3. The summed E-state index contributed by atoms with van der Waals surface area (Å²) >= 11 is 0. The summed E-state index contributed by atoms with van der Waals surface area (Å²) in [6.07, 6.45) is 24.4. The minimum atomic E-state index is -0.00341. The topological polar surface area (TPSA) is 26.3 Å². The summed E-state index contributed by atoms with van der Waals surface area (Å²) in [4.78, 5) is 11.7. The van der Waals surface area contributed by atoms with Crippen molar-refractivity contribution in [3.05, 3.63) is 0 Å². The van der Waals surface area contributed by atoms with Gasteiger partial charge in [-0.15, -0.1) is 0 Å². The Kier molecular flexibility index (Phi) is 26.9. The molecule has 0 aromatic heterocycles. The second-order valence-corrected chi connectivity index (χ2v) is 8.14. The molecule has 0 aromatic carbocycles. The van der Waals surface area contributed by atoms with Gasteiger partial charge in [-0.2, -0.15) is 0 Å². The second kappa shape index (κ2) is 24.5. The Bertz CT molecular complexity index is 294. The Morgan fingerprint density at radius 2 is 1.00 bits per heavy atom. The van der Waals surface area contributed by atoms with E-state index in [2.05, 4.69) is 13.8 Å². The summed E-state index contributed by atoms with van der Waals surface area (Å²) in [7, 11) is 0. The van der Waals surface area contributed by atoms with Crippen molar-refractivity contribution in [2.24, 2.45) is 0 Å². The molecule has 0 N–H and O–H groups in total. The summed E-state index contributed by atoms with van der Waals surface area (Å²) in [5, 5.41) is 0. The molecule has 0 spiro atoms. The van der Waals surface area contributed by atoms with Crippen molar-refractivity contribution >= 4 is 35.5 Å². The molecule has 27 heavy (non-hydrogen) atoms. The van der Waals surface area contributed by atoms with Crippen molar-refractivity contribution in [1.29, 1.82) is 0 Å². The Morgan fingerprint density at radius 1 is 0.630 bits per heavy atom. The molecule has 0 aliphatic carbocycles. The van der Waals surface area contributed by atoms with E-state index in [1.54, 1.807) is 0 Å². The van der Waals surface area contributed by atoms with Gasteiger partial charge in [0.25, 0.3) is 0 Å². The van der Waals surface area contributed by atoms with Crippen molar-refractivity contribution in [3.8, 4) is 0 Å². The van der Waals surface area contributed by atoms with Crippen LogP contribution in [0, 0.1) is 0 Å². The van der Waals surface area contributed by atoms with Crippen LogP contribution in [-0.4, -0.2) is 41.6 Å². The van der Waals surface area contributed by atoms with Gasteiger partial charge in [0.2, 0.25) is 0 Å². The van der Waals surface area contributed by atoms with Crippen molar-refractivity contribution < 1.29 is 9.53 Å². The number of unbranched alkanes of at least 4 members (excludes halogenated alkanes) is 15. The molecule has 0 aliphatic heterocycles. The summed E-state index contributed by atoms with van der Waals surface area (Å²) in [5.74, 6) is -0.00341. The van der Waals surface area contributed by atoms with Crippen LogP contribution in [0.4, 0.5) is 0 Å². The van der Waals surface area contributed by atoms with E-state index in [1.165, 1.54) is 89.9 Å². The quantitative estimate of drug-likeness (QED) is 0.119. The maximum atomic E-state index is 11.7. The first-order chi connectivity index (χ1) is 12.7. The number of hydrogen-bond acceptors (Lipinski definition) is 2. The molecule has 0 aromatic rings. The van der Waals surface area contributed by atoms with Gasteiger partial charge in [-0.1, -0.05) is 110 Å². The molecule has 0 heterocycles. The number of ether oxygens (including phenoxy) is 1. The van der Waals surface area contributed by atoms with Crippen LogP contribution < -0.4 is 0 Å². The van der Waals surface area contributed by atoms with E-state index in [-0.39, 0.29) is 41.6 Å². The van der Waals surface area contributed by atoms with E-state index in [0.717, 1.165) is 25.7 Å². The van der Waals surface area contributed by atoms with Gasteiger partial charge in [0, 0.05) is 36.0 Å². The van der Waals surface area contributed by atoms with Crippen LogP contribution in [0.5, 0.6) is 0 Å². The first-order valence-corrected chi connectivity index (χ1v) is 11.9. The zero-order valence-electron chi connectivity index (χ0n) is 19.3. The minimum absolute atomic E-state index is 0. The SMILES string of the molecule is CCCCCCCCCCCCCCCCC(C)OC(=O)CCCCC.[Na]. The molecular formula is C24H48NaO2. The molecule has 0 amide bonds. The van der Waals surface area contributed by atoms with Crippen LogP contribution in [0.3, 0.4) is 0 Å². The van der Waals surface area contributed by atoms with Crippen molar-refractivity contribution in [3.63, 3.8) is 0 Å². The molecule has 0 bridgehead atoms. The molecule has 0 fully saturated rings. The van der Waals surface area contributed by atoms with Gasteiger partial charge in [0.15, 0.2) is 0 Å². The van der Waals surface area contributed by atoms with Crippen LogP contribution in [-0.2, 0) is 9.53 Å². The van der Waals surface area contributed by atoms with E-state index < -0.39 is 0 Å². The number of esters is 1. The molecule has 0 saturated heterocycles. The molecule has 1 unspecified atom stereocenters. The fourth-order valence-electron chi connectivity index (χ4n) is 3.49. The molecule has 0 rings (SSSR count). The Balaban J connectivity index is 0. The summed E-state index contributed by atoms with van der Waals surface area (Å²) in [6.45, 7) is 6.48. The molecule has 0 saturated carbocycles. The van der Waals surface area contributed by atoms with Crippen LogP contribution in [0.15, 0.2) is 0 Å². The summed E-state index contributed by atoms with van der Waals surface area (Å²) < 4.78 is 5.47. The molecule has 3 heteroatoms. The van der Waals surface area contributed by atoms with Gasteiger partial charge in [-0.3, -0.25) is 4.79 Å². The average Bonchev–Trinajstić information content (AvgIpc) is 2.62. The predicted octanol–water partition coefficient (Wildman–Crippen LogP) is 7.99. The van der Waals surface area contributed by atoms with E-state index in [4.69, 9.17) is 4.74 Å². The van der Waals surface area contributed by atoms with Gasteiger partial charge in [0.1, 0.15) is 0 Å². The van der Waals surface area contributed by atoms with Gasteiger partial charge >= 0.3 is 5.97 Å². The maximum absolute atomic E-state index is 11.7. The third-order valence-corrected chi connectivity index (χ3v) is 5.28. The summed E-state index contributed by atoms with van der Waals surface area (Å²) in [5.41, 5.74) is 0. The first-order valence-electron chi connectivity index (χ1n) is 11.9. The molecule has 1 radical (unpaired) electrons. The Labute approximate surface area is 193 Å². The van der Waals surface area contributed by atoms with Crippen LogP contribution >= 0.6 is 0 Å². The van der Waals surface area contributed by atoms with Crippen molar-refractivity contribution in [1.82, 2.24) is 0 Å². The van der Waals surface area contributed by atoms with Crippen LogP contribution in [0.2, 0.25) is 0 Å². The standard InChI is InChI=1S/C24H48O2.Na/c1-4-6-8-9-10-11-12-13-14-15-16-17-18-20-21-23(3)26-24(25)22-19-7-5-2;/h23H,4-22H2,1-3H3;. The fourth-order valence-corrected chi connectivity index (χ4v) is 3.49. The molecule has 2 nitrogen and oxygen atoms in total. The third-order valence-electron chi connectivity index (χ3n) is 5.28. The van der Waals surface area contributed by atoms with E-state index >= 15 is 0 Å². The van der Waals surface area contributed by atoms with E-state index in [0.29, 0.717) is 6.42 Å². The number of carbonyl (C=O) groups is 1. The van der Waals surface area contributed by atoms with Gasteiger partial charge in [0.05, 0.1) is 6.10 Å². The summed E-state index contributed by atoms with van der Waals surface area (Å²) in [6, 6.07) is 0. The molecule has 0 aliphatic rings. The molecule has 157 valence electrons. The largest absolute Gasteiger partial charge is 0.463 e. The van der Waals surface area contributed by atoms with Crippen molar-refractivity contribution in [2.45, 2.75) is 149 Å². The minimum Gasteiger partial charge on any atom is -0.463 e. The monoisotopic (exact) mass is 391 g/mol. The smallest absolute Gasteiger partial charge is 0.306 e. The number of carbonyl (C=O) groups excluding carboxylic acids is 1. The van der Waals surface area contributed by atoms with E-state index in [9.17, 15) is 4.79 Å². The zero-order valence-corrected chi connectivity index (χ0v) is 21.3. The maximum Gasteiger partial charge on any atom is 0.306 e. The number of hydrogen-bond donors (Lipinski definition) is 0. The predicted molar refractivity (Wildman–Crippen MR) is 120 cm³/mol.